The lowest BCUT2D eigenvalue weighted by Crippen LogP contribution is -2.38. The first-order valence-electron chi connectivity index (χ1n) is 9.95. The van der Waals surface area contributed by atoms with E-state index in [1.807, 2.05) is 25.1 Å². The number of fused-ring (bicyclic) bond motifs is 1. The number of hydrogen-bond acceptors (Lipinski definition) is 5. The normalized spacial score (nSPS) is 15.0. The van der Waals surface area contributed by atoms with Crippen LogP contribution in [0.15, 0.2) is 42.5 Å². The van der Waals surface area contributed by atoms with E-state index < -0.39 is 0 Å². The van der Waals surface area contributed by atoms with Gasteiger partial charge in [-0.1, -0.05) is 0 Å². The van der Waals surface area contributed by atoms with E-state index in [0.29, 0.717) is 11.3 Å². The van der Waals surface area contributed by atoms with Gasteiger partial charge in [-0.15, -0.1) is 0 Å². The highest BCUT2D eigenvalue weighted by Gasteiger charge is 2.22. The second-order valence-corrected chi connectivity index (χ2v) is 7.40. The average molecular weight is 393 g/mol. The molecule has 0 radical (unpaired) electrons. The Bertz CT molecular complexity index is 1020. The van der Waals surface area contributed by atoms with Crippen LogP contribution in [-0.2, 0) is 11.3 Å². The molecule has 0 aliphatic carbocycles. The molecule has 4 rings (SSSR count). The predicted molar refractivity (Wildman–Crippen MR) is 115 cm³/mol. The number of nitrogens with two attached hydrogens (primary N) is 1. The molecule has 0 saturated carbocycles. The first kappa shape index (κ1) is 19.5. The molecule has 2 heterocycles. The minimum Gasteiger partial charge on any atom is -0.497 e. The van der Waals surface area contributed by atoms with Gasteiger partial charge in [-0.25, -0.2) is 0 Å². The summed E-state index contributed by atoms with van der Waals surface area (Å²) in [6.07, 6.45) is 0. The van der Waals surface area contributed by atoms with Gasteiger partial charge in [0.1, 0.15) is 5.75 Å². The Balaban J connectivity index is 1.74. The number of hydrogen-bond donors (Lipinski definition) is 1. The third-order valence-electron chi connectivity index (χ3n) is 5.68. The Morgan fingerprint density at radius 1 is 1.10 bits per heavy atom. The minimum atomic E-state index is 0.0165. The number of methoxy groups -OCH3 is 1. The summed E-state index contributed by atoms with van der Waals surface area (Å²) < 4.78 is 13.1. The van der Waals surface area contributed by atoms with Crippen LogP contribution in [0.2, 0.25) is 0 Å². The molecule has 29 heavy (non-hydrogen) atoms. The lowest BCUT2D eigenvalue weighted by molar-refractivity contribution is 0.0365. The van der Waals surface area contributed by atoms with Crippen LogP contribution < -0.4 is 10.5 Å². The number of ether oxygens (including phenoxy) is 2. The van der Waals surface area contributed by atoms with E-state index in [-0.39, 0.29) is 5.78 Å². The highest BCUT2D eigenvalue weighted by Crippen LogP contribution is 2.31. The van der Waals surface area contributed by atoms with Crippen molar-refractivity contribution in [2.75, 3.05) is 45.7 Å². The summed E-state index contributed by atoms with van der Waals surface area (Å²) in [5, 5.41) is 0.951. The summed E-state index contributed by atoms with van der Waals surface area (Å²) in [7, 11) is 1.66. The zero-order valence-corrected chi connectivity index (χ0v) is 17.0. The molecule has 0 unspecified atom stereocenters. The fourth-order valence-corrected chi connectivity index (χ4v) is 4.00. The van der Waals surface area contributed by atoms with E-state index in [0.717, 1.165) is 67.3 Å². The number of benzene rings is 2. The van der Waals surface area contributed by atoms with Crippen LogP contribution >= 0.6 is 0 Å². The second kappa shape index (κ2) is 8.27. The van der Waals surface area contributed by atoms with Gasteiger partial charge >= 0.3 is 0 Å². The van der Waals surface area contributed by atoms with Crippen LogP contribution in [0.25, 0.3) is 10.9 Å². The summed E-state index contributed by atoms with van der Waals surface area (Å²) in [6, 6.07) is 13.0. The average Bonchev–Trinajstić information content (AvgIpc) is 3.03. The van der Waals surface area contributed by atoms with Gasteiger partial charge in [0.05, 0.1) is 31.4 Å². The molecule has 1 aliphatic rings. The van der Waals surface area contributed by atoms with Gasteiger partial charge in [0.25, 0.3) is 0 Å². The first-order chi connectivity index (χ1) is 14.1. The van der Waals surface area contributed by atoms with Crippen molar-refractivity contribution in [2.45, 2.75) is 13.5 Å². The fraction of sp³-hybridized carbons (Fsp3) is 0.348. The van der Waals surface area contributed by atoms with Crippen LogP contribution in [0, 0.1) is 6.92 Å². The molecule has 6 heteroatoms. The molecule has 6 nitrogen and oxygen atoms in total. The molecular weight excluding hydrogens is 366 g/mol. The molecule has 1 aromatic heterocycles. The lowest BCUT2D eigenvalue weighted by atomic mass is 10.0. The molecule has 0 amide bonds. The summed E-state index contributed by atoms with van der Waals surface area (Å²) in [5.41, 5.74) is 9.82. The number of anilines is 1. The molecule has 0 atom stereocenters. The maximum atomic E-state index is 13.4. The van der Waals surface area contributed by atoms with Crippen molar-refractivity contribution in [1.82, 2.24) is 9.47 Å². The van der Waals surface area contributed by atoms with Gasteiger partial charge in [-0.2, -0.15) is 0 Å². The van der Waals surface area contributed by atoms with E-state index in [2.05, 4.69) is 9.47 Å². The van der Waals surface area contributed by atoms with Crippen LogP contribution in [0.4, 0.5) is 5.69 Å². The van der Waals surface area contributed by atoms with Gasteiger partial charge in [-0.3, -0.25) is 9.69 Å². The molecule has 152 valence electrons. The third-order valence-corrected chi connectivity index (χ3v) is 5.68. The molecule has 3 aromatic rings. The molecule has 0 bridgehead atoms. The molecule has 1 fully saturated rings. The molecule has 2 N–H and O–H groups in total. The second-order valence-electron chi connectivity index (χ2n) is 7.40. The molecule has 1 aliphatic heterocycles. The van der Waals surface area contributed by atoms with Crippen LogP contribution in [0.5, 0.6) is 5.75 Å². The van der Waals surface area contributed by atoms with Gasteiger partial charge in [0.2, 0.25) is 0 Å². The zero-order valence-electron chi connectivity index (χ0n) is 17.0. The van der Waals surface area contributed by atoms with Crippen molar-refractivity contribution >= 4 is 22.4 Å². The number of carbonyl (C=O) groups is 1. The van der Waals surface area contributed by atoms with Crippen molar-refractivity contribution in [2.24, 2.45) is 0 Å². The number of nitrogen functional groups attached to an aromatic ring is 1. The topological polar surface area (TPSA) is 69.7 Å². The van der Waals surface area contributed by atoms with Gasteiger partial charge < -0.3 is 19.8 Å². The summed E-state index contributed by atoms with van der Waals surface area (Å²) in [5.74, 6) is 0.803. The van der Waals surface area contributed by atoms with E-state index >= 15 is 0 Å². The Kier molecular flexibility index (Phi) is 5.56. The van der Waals surface area contributed by atoms with Crippen molar-refractivity contribution in [3.05, 3.63) is 59.3 Å². The smallest absolute Gasteiger partial charge is 0.195 e. The summed E-state index contributed by atoms with van der Waals surface area (Å²) in [6.45, 7) is 7.19. The van der Waals surface area contributed by atoms with Gasteiger partial charge in [0, 0.05) is 54.6 Å². The Morgan fingerprint density at radius 2 is 1.83 bits per heavy atom. The minimum absolute atomic E-state index is 0.0165. The van der Waals surface area contributed by atoms with Crippen LogP contribution in [0.1, 0.15) is 21.6 Å². The number of ketones is 1. The predicted octanol–water partition coefficient (Wildman–Crippen LogP) is 3.10. The number of morpholine rings is 1. The maximum absolute atomic E-state index is 13.4. The first-order valence-corrected chi connectivity index (χ1v) is 9.95. The van der Waals surface area contributed by atoms with Crippen molar-refractivity contribution < 1.29 is 14.3 Å². The third kappa shape index (κ3) is 3.86. The van der Waals surface area contributed by atoms with E-state index in [9.17, 15) is 4.79 Å². The lowest BCUT2D eigenvalue weighted by Gasteiger charge is -2.27. The summed E-state index contributed by atoms with van der Waals surface area (Å²) >= 11 is 0. The Morgan fingerprint density at radius 3 is 2.52 bits per heavy atom. The summed E-state index contributed by atoms with van der Waals surface area (Å²) in [4.78, 5) is 15.8. The van der Waals surface area contributed by atoms with E-state index in [4.69, 9.17) is 15.2 Å². The monoisotopic (exact) mass is 393 g/mol. The number of aromatic nitrogens is 1. The van der Waals surface area contributed by atoms with Crippen molar-refractivity contribution in [3.8, 4) is 5.75 Å². The molecule has 1 saturated heterocycles. The largest absolute Gasteiger partial charge is 0.497 e. The highest BCUT2D eigenvalue weighted by atomic mass is 16.5. The van der Waals surface area contributed by atoms with Crippen LogP contribution in [-0.4, -0.2) is 55.2 Å². The number of nitrogens with zero attached hydrogens (tertiary/aromatic N) is 2. The Hall–Kier alpha value is -2.83. The zero-order chi connectivity index (χ0) is 20.4. The standard InChI is InChI=1S/C23H27N3O3/c1-16-22(23(27)17-3-5-18(24)6-4-17)20-8-7-19(28-2)15-21(20)26(16)10-9-25-11-13-29-14-12-25/h3-8,15H,9-14,24H2,1-2H3. The van der Waals surface area contributed by atoms with Gasteiger partial charge in [0.15, 0.2) is 5.78 Å². The molecular formula is C23H27N3O3. The highest BCUT2D eigenvalue weighted by molar-refractivity contribution is 6.17. The Labute approximate surface area is 170 Å². The maximum Gasteiger partial charge on any atom is 0.195 e. The number of rotatable bonds is 6. The van der Waals surface area contributed by atoms with Crippen molar-refractivity contribution in [1.29, 1.82) is 0 Å². The fourth-order valence-electron chi connectivity index (χ4n) is 4.00. The van der Waals surface area contributed by atoms with Crippen LogP contribution in [0.3, 0.4) is 0 Å². The quantitative estimate of drug-likeness (QED) is 0.515. The molecule has 0 spiro atoms. The number of carbonyl (C=O) groups excluding carboxylic acids is 1. The van der Waals surface area contributed by atoms with E-state index in [1.165, 1.54) is 0 Å². The van der Waals surface area contributed by atoms with Gasteiger partial charge in [-0.05, 0) is 43.3 Å². The SMILES string of the molecule is COc1ccc2c(C(=O)c3ccc(N)cc3)c(C)n(CCN3CCOCC3)c2c1. The van der Waals surface area contributed by atoms with E-state index in [1.54, 1.807) is 31.4 Å². The molecule has 2 aromatic carbocycles. The van der Waals surface area contributed by atoms with Crippen molar-refractivity contribution in [3.63, 3.8) is 0 Å².